The van der Waals surface area contributed by atoms with E-state index in [2.05, 4.69) is 21.6 Å². The van der Waals surface area contributed by atoms with E-state index in [9.17, 15) is 23.2 Å². The molecule has 1 aromatic carbocycles. The smallest absolute Gasteiger partial charge is 0.416 e. The van der Waals surface area contributed by atoms with E-state index in [1.165, 1.54) is 20.3 Å². The number of nitrogens with zero attached hydrogens (tertiary/aromatic N) is 4. The summed E-state index contributed by atoms with van der Waals surface area (Å²) < 4.78 is 61.6. The van der Waals surface area contributed by atoms with E-state index < -0.39 is 23.4 Å². The lowest BCUT2D eigenvalue weighted by atomic mass is 9.99. The van der Waals surface area contributed by atoms with Crippen LogP contribution in [0.15, 0.2) is 18.2 Å². The molecule has 1 saturated heterocycles. The maximum Gasteiger partial charge on any atom is 0.416 e. The molecule has 0 saturated carbocycles. The second-order valence-electron chi connectivity index (χ2n) is 10.0. The fourth-order valence-electron chi connectivity index (χ4n) is 4.12. The Morgan fingerprint density at radius 3 is 2.54 bits per heavy atom. The normalized spacial score (nSPS) is 16.0. The van der Waals surface area contributed by atoms with Crippen LogP contribution in [0.1, 0.15) is 50.3 Å². The number of rotatable bonds is 8. The van der Waals surface area contributed by atoms with E-state index in [0.29, 0.717) is 13.1 Å². The zero-order valence-corrected chi connectivity index (χ0v) is 22.5. The minimum Gasteiger partial charge on any atom is -0.467 e. The summed E-state index contributed by atoms with van der Waals surface area (Å²) in [6.45, 7) is 5.78. The third-order valence-corrected chi connectivity index (χ3v) is 5.73. The Balaban J connectivity index is 1.94. The molecule has 39 heavy (non-hydrogen) atoms. The first-order valence-electron chi connectivity index (χ1n) is 12.2. The Morgan fingerprint density at radius 1 is 1.18 bits per heavy atom. The van der Waals surface area contributed by atoms with Crippen LogP contribution in [0.4, 0.5) is 23.8 Å². The fourth-order valence-corrected chi connectivity index (χ4v) is 4.12. The number of methoxy groups -OCH3 is 2. The molecule has 1 aromatic heterocycles. The topological polar surface area (TPSA) is 119 Å². The van der Waals surface area contributed by atoms with Crippen molar-refractivity contribution in [2.24, 2.45) is 0 Å². The Hall–Kier alpha value is -3.63. The van der Waals surface area contributed by atoms with Gasteiger partial charge in [-0.1, -0.05) is 0 Å². The predicted octanol–water partition coefficient (Wildman–Crippen LogP) is 4.97. The molecule has 2 heterocycles. The van der Waals surface area contributed by atoms with Crippen molar-refractivity contribution in [2.45, 2.75) is 58.0 Å². The van der Waals surface area contributed by atoms with Gasteiger partial charge in [-0.05, 0) is 57.4 Å². The van der Waals surface area contributed by atoms with Crippen molar-refractivity contribution in [3.63, 3.8) is 0 Å². The van der Waals surface area contributed by atoms with Crippen LogP contribution in [0.25, 0.3) is 11.3 Å². The Kier molecular flexibility index (Phi) is 9.58. The van der Waals surface area contributed by atoms with E-state index in [-0.39, 0.29) is 53.4 Å². The number of aromatic nitrogens is 2. The molecule has 2 aromatic rings. The molecule has 1 aliphatic rings. The number of anilines is 1. The van der Waals surface area contributed by atoms with Crippen LogP contribution in [-0.4, -0.2) is 66.9 Å². The number of nitriles is 1. The number of halogens is 3. The fraction of sp³-hybridized carbons (Fsp3) is 0.538. The molecule has 0 bridgehead atoms. The Bertz CT molecular complexity index is 1210. The van der Waals surface area contributed by atoms with Crippen LogP contribution < -0.4 is 10.1 Å². The minimum absolute atomic E-state index is 0.121. The number of benzene rings is 1. The standard InChI is InChI=1S/C26H32F3N5O5/c1-25(2,3)39-24(35)34-8-6-7-19(13-34)31-23-16(12-30)10-20(32-33-23)22-17(14-36-4)9-18(26(27,28)29)11-21(22)38-15-37-5/h9-11,19H,6-8,13-15H2,1-5H3,(H,31,33)/t19-/m1/s1. The number of hydrogen-bond donors (Lipinski definition) is 1. The lowest BCUT2D eigenvalue weighted by Crippen LogP contribution is -2.47. The van der Waals surface area contributed by atoms with Gasteiger partial charge in [0.15, 0.2) is 12.6 Å². The van der Waals surface area contributed by atoms with Crippen LogP contribution in [0.5, 0.6) is 5.75 Å². The highest BCUT2D eigenvalue weighted by molar-refractivity contribution is 5.74. The van der Waals surface area contributed by atoms with Crippen LogP contribution in [0, 0.1) is 11.3 Å². The molecule has 10 nitrogen and oxygen atoms in total. The summed E-state index contributed by atoms with van der Waals surface area (Å²) in [5.74, 6) is 0.0507. The van der Waals surface area contributed by atoms with Gasteiger partial charge in [0.2, 0.25) is 0 Å². The second-order valence-corrected chi connectivity index (χ2v) is 10.0. The van der Waals surface area contributed by atoms with Crippen molar-refractivity contribution in [3.8, 4) is 23.1 Å². The monoisotopic (exact) mass is 551 g/mol. The molecule has 212 valence electrons. The van der Waals surface area contributed by atoms with Gasteiger partial charge in [-0.3, -0.25) is 0 Å². The number of alkyl halides is 3. The minimum atomic E-state index is -4.63. The van der Waals surface area contributed by atoms with Crippen LogP contribution in [0.2, 0.25) is 0 Å². The third kappa shape index (κ3) is 7.93. The highest BCUT2D eigenvalue weighted by atomic mass is 19.4. The van der Waals surface area contributed by atoms with Crippen LogP contribution >= 0.6 is 0 Å². The first kappa shape index (κ1) is 29.9. The summed E-state index contributed by atoms with van der Waals surface area (Å²) in [5.41, 5.74) is -0.955. The number of piperidine rings is 1. The number of carbonyl (C=O) groups excluding carboxylic acids is 1. The molecule has 1 amide bonds. The molecule has 0 spiro atoms. The lowest BCUT2D eigenvalue weighted by Gasteiger charge is -2.34. The largest absolute Gasteiger partial charge is 0.467 e. The molecule has 1 fully saturated rings. The van der Waals surface area contributed by atoms with E-state index in [1.54, 1.807) is 25.7 Å². The van der Waals surface area contributed by atoms with E-state index in [1.807, 2.05) is 0 Å². The molecule has 0 aliphatic carbocycles. The van der Waals surface area contributed by atoms with Gasteiger partial charge in [0, 0.05) is 38.9 Å². The maximum absolute atomic E-state index is 13.6. The van der Waals surface area contributed by atoms with Gasteiger partial charge in [-0.15, -0.1) is 10.2 Å². The molecule has 0 unspecified atom stereocenters. The first-order valence-corrected chi connectivity index (χ1v) is 12.2. The van der Waals surface area contributed by atoms with E-state index in [0.717, 1.165) is 25.0 Å². The number of nitrogens with one attached hydrogen (secondary N) is 1. The molecular weight excluding hydrogens is 519 g/mol. The first-order chi connectivity index (χ1) is 18.4. The predicted molar refractivity (Wildman–Crippen MR) is 135 cm³/mol. The van der Waals surface area contributed by atoms with Gasteiger partial charge in [0.05, 0.1) is 23.4 Å². The molecule has 1 atom stereocenters. The molecule has 13 heteroatoms. The molecule has 3 rings (SSSR count). The summed E-state index contributed by atoms with van der Waals surface area (Å²) in [6.07, 6.45) is -3.61. The van der Waals surface area contributed by atoms with Crippen molar-refractivity contribution in [2.75, 3.05) is 39.4 Å². The SMILES string of the molecule is COCOc1cc(C(F)(F)F)cc(COC)c1-c1cc(C#N)c(N[C@@H]2CCCN(C(=O)OC(C)(C)C)C2)nn1. The van der Waals surface area contributed by atoms with Crippen molar-refractivity contribution in [3.05, 3.63) is 34.9 Å². The lowest BCUT2D eigenvalue weighted by molar-refractivity contribution is -0.137. The second kappa shape index (κ2) is 12.5. The van der Waals surface area contributed by atoms with Gasteiger partial charge < -0.3 is 29.2 Å². The van der Waals surface area contributed by atoms with Gasteiger partial charge in [-0.25, -0.2) is 4.79 Å². The number of amides is 1. The molecule has 0 radical (unpaired) electrons. The third-order valence-electron chi connectivity index (χ3n) is 5.73. The zero-order valence-electron chi connectivity index (χ0n) is 22.5. The average molecular weight is 552 g/mol. The van der Waals surface area contributed by atoms with Crippen molar-refractivity contribution < 1.29 is 36.9 Å². The van der Waals surface area contributed by atoms with Gasteiger partial charge in [0.25, 0.3) is 0 Å². The van der Waals surface area contributed by atoms with Crippen LogP contribution in [0.3, 0.4) is 0 Å². The summed E-state index contributed by atoms with van der Waals surface area (Å²) in [7, 11) is 2.69. The zero-order chi connectivity index (χ0) is 28.8. The van der Waals surface area contributed by atoms with E-state index >= 15 is 0 Å². The number of ether oxygens (including phenoxy) is 4. The van der Waals surface area contributed by atoms with Crippen molar-refractivity contribution in [1.82, 2.24) is 15.1 Å². The van der Waals surface area contributed by atoms with Crippen molar-refractivity contribution in [1.29, 1.82) is 5.26 Å². The van der Waals surface area contributed by atoms with Gasteiger partial charge in [0.1, 0.15) is 17.4 Å². The number of carbonyl (C=O) groups is 1. The molecular formula is C26H32F3N5O5. The number of likely N-dealkylation sites (tertiary alicyclic amines) is 1. The Morgan fingerprint density at radius 2 is 1.92 bits per heavy atom. The summed E-state index contributed by atoms with van der Waals surface area (Å²) >= 11 is 0. The van der Waals surface area contributed by atoms with Gasteiger partial charge in [-0.2, -0.15) is 18.4 Å². The highest BCUT2D eigenvalue weighted by Crippen LogP contribution is 2.40. The molecule has 1 aliphatic heterocycles. The highest BCUT2D eigenvalue weighted by Gasteiger charge is 2.33. The summed E-state index contributed by atoms with van der Waals surface area (Å²) in [6, 6.07) is 5.07. The summed E-state index contributed by atoms with van der Waals surface area (Å²) in [4.78, 5) is 14.1. The van der Waals surface area contributed by atoms with Gasteiger partial charge >= 0.3 is 12.3 Å². The Labute approximate surface area is 225 Å². The van der Waals surface area contributed by atoms with E-state index in [4.69, 9.17) is 18.9 Å². The molecule has 1 N–H and O–H groups in total. The maximum atomic E-state index is 13.6. The quantitative estimate of drug-likeness (QED) is 0.453. The number of hydrogen-bond acceptors (Lipinski definition) is 9. The average Bonchev–Trinajstić information content (AvgIpc) is 2.86. The summed E-state index contributed by atoms with van der Waals surface area (Å²) in [5, 5.41) is 21.4. The van der Waals surface area contributed by atoms with Crippen molar-refractivity contribution >= 4 is 11.9 Å². The van der Waals surface area contributed by atoms with Crippen LogP contribution in [-0.2, 0) is 27.0 Å².